The number of hydrogen-bond acceptors (Lipinski definition) is 2. The molecule has 1 aromatic heterocycles. The fourth-order valence-corrected chi connectivity index (χ4v) is 3.23. The van der Waals surface area contributed by atoms with Gasteiger partial charge in [0.15, 0.2) is 0 Å². The quantitative estimate of drug-likeness (QED) is 0.700. The van der Waals surface area contributed by atoms with E-state index in [1.807, 2.05) is 39.8 Å². The highest BCUT2D eigenvalue weighted by Gasteiger charge is 2.14. The van der Waals surface area contributed by atoms with E-state index in [9.17, 15) is 9.59 Å². The zero-order valence-corrected chi connectivity index (χ0v) is 16.2. The Hall–Kier alpha value is -3.08. The number of rotatable bonds is 5. The predicted molar refractivity (Wildman–Crippen MR) is 109 cm³/mol. The van der Waals surface area contributed by atoms with E-state index in [4.69, 9.17) is 0 Å². The minimum atomic E-state index is -0.192. The Morgan fingerprint density at radius 2 is 1.74 bits per heavy atom. The second-order valence-corrected chi connectivity index (χ2v) is 6.65. The van der Waals surface area contributed by atoms with Crippen molar-refractivity contribution in [1.82, 2.24) is 9.88 Å². The van der Waals surface area contributed by atoms with Crippen LogP contribution in [0, 0.1) is 13.8 Å². The number of carbonyl (C=O) groups is 2. The molecule has 2 amide bonds. The van der Waals surface area contributed by atoms with E-state index < -0.39 is 0 Å². The molecule has 0 spiro atoms. The molecule has 1 heterocycles. The molecule has 3 aromatic rings. The summed E-state index contributed by atoms with van der Waals surface area (Å²) < 4.78 is 0. The molecule has 5 nitrogen and oxygen atoms in total. The molecule has 0 saturated carbocycles. The zero-order valence-electron chi connectivity index (χ0n) is 16.2. The number of H-pyrrole nitrogens is 1. The molecule has 0 fully saturated rings. The Kier molecular flexibility index (Phi) is 5.31. The molecule has 27 heavy (non-hydrogen) atoms. The van der Waals surface area contributed by atoms with Gasteiger partial charge in [-0.25, -0.2) is 0 Å². The van der Waals surface area contributed by atoms with E-state index in [-0.39, 0.29) is 11.8 Å². The van der Waals surface area contributed by atoms with Crippen LogP contribution >= 0.6 is 0 Å². The number of fused-ring (bicyclic) bond motifs is 1. The topological polar surface area (TPSA) is 65.2 Å². The number of hydrogen-bond donors (Lipinski definition) is 2. The van der Waals surface area contributed by atoms with Crippen LogP contribution in [0.1, 0.15) is 45.8 Å². The SMILES string of the molecule is CCN(CC)C(=O)c1cccc(NC(=O)c2ccc3[nH]c(C)c(C)c3c2)c1. The van der Waals surface area contributed by atoms with Gasteiger partial charge in [0.25, 0.3) is 11.8 Å². The van der Waals surface area contributed by atoms with Gasteiger partial charge in [-0.3, -0.25) is 9.59 Å². The number of anilines is 1. The summed E-state index contributed by atoms with van der Waals surface area (Å²) in [5.74, 6) is -0.224. The van der Waals surface area contributed by atoms with Crippen molar-refractivity contribution in [3.63, 3.8) is 0 Å². The molecule has 0 aliphatic heterocycles. The van der Waals surface area contributed by atoms with Crippen LogP contribution in [-0.2, 0) is 0 Å². The largest absolute Gasteiger partial charge is 0.358 e. The van der Waals surface area contributed by atoms with Crippen molar-refractivity contribution < 1.29 is 9.59 Å². The number of nitrogens with zero attached hydrogens (tertiary/aromatic N) is 1. The van der Waals surface area contributed by atoms with Crippen LogP contribution < -0.4 is 5.32 Å². The van der Waals surface area contributed by atoms with Crippen molar-refractivity contribution in [2.75, 3.05) is 18.4 Å². The van der Waals surface area contributed by atoms with Crippen molar-refractivity contribution >= 4 is 28.4 Å². The molecule has 0 atom stereocenters. The number of aromatic amines is 1. The van der Waals surface area contributed by atoms with Crippen LogP contribution in [0.5, 0.6) is 0 Å². The Balaban J connectivity index is 1.83. The summed E-state index contributed by atoms with van der Waals surface area (Å²) in [6, 6.07) is 12.7. The number of carbonyl (C=O) groups excluding carboxylic acids is 2. The first-order valence-corrected chi connectivity index (χ1v) is 9.24. The van der Waals surface area contributed by atoms with E-state index in [0.29, 0.717) is 29.9 Å². The molecule has 0 aliphatic rings. The number of aryl methyl sites for hydroxylation is 2. The summed E-state index contributed by atoms with van der Waals surface area (Å²) in [5.41, 5.74) is 5.04. The minimum Gasteiger partial charge on any atom is -0.358 e. The number of nitrogens with one attached hydrogen (secondary N) is 2. The smallest absolute Gasteiger partial charge is 0.255 e. The average Bonchev–Trinajstić information content (AvgIpc) is 2.96. The number of aromatic nitrogens is 1. The first-order valence-electron chi connectivity index (χ1n) is 9.24. The standard InChI is InChI=1S/C22H25N3O2/c1-5-25(6-2)22(27)17-8-7-9-18(12-17)24-21(26)16-10-11-20-19(13-16)14(3)15(4)23-20/h7-13,23H,5-6H2,1-4H3,(H,24,26). The third-order valence-electron chi connectivity index (χ3n) is 4.99. The lowest BCUT2D eigenvalue weighted by Crippen LogP contribution is -2.30. The molecule has 2 aromatic carbocycles. The first-order chi connectivity index (χ1) is 12.9. The highest BCUT2D eigenvalue weighted by molar-refractivity contribution is 6.07. The molecule has 0 aliphatic carbocycles. The summed E-state index contributed by atoms with van der Waals surface area (Å²) in [6.07, 6.45) is 0. The molecule has 5 heteroatoms. The molecule has 140 valence electrons. The zero-order chi connectivity index (χ0) is 19.6. The summed E-state index contributed by atoms with van der Waals surface area (Å²) in [6.45, 7) is 9.27. The van der Waals surface area contributed by atoms with Crippen molar-refractivity contribution in [2.45, 2.75) is 27.7 Å². The van der Waals surface area contributed by atoms with E-state index in [2.05, 4.69) is 10.3 Å². The number of benzene rings is 2. The Morgan fingerprint density at radius 3 is 2.44 bits per heavy atom. The first kappa shape index (κ1) is 18.7. The van der Waals surface area contributed by atoms with Gasteiger partial charge in [-0.1, -0.05) is 6.07 Å². The summed E-state index contributed by atoms with van der Waals surface area (Å²) >= 11 is 0. The normalized spacial score (nSPS) is 10.8. The minimum absolute atomic E-state index is 0.0315. The predicted octanol–water partition coefficient (Wildman–Crippen LogP) is 4.52. The number of amides is 2. The van der Waals surface area contributed by atoms with E-state index in [1.165, 1.54) is 0 Å². The van der Waals surface area contributed by atoms with Crippen LogP contribution in [0.3, 0.4) is 0 Å². The van der Waals surface area contributed by atoms with Gasteiger partial charge in [0, 0.05) is 46.5 Å². The van der Waals surface area contributed by atoms with Crippen molar-refractivity contribution in [1.29, 1.82) is 0 Å². The lowest BCUT2D eigenvalue weighted by Gasteiger charge is -2.19. The lowest BCUT2D eigenvalue weighted by molar-refractivity contribution is 0.0772. The highest BCUT2D eigenvalue weighted by Crippen LogP contribution is 2.23. The highest BCUT2D eigenvalue weighted by atomic mass is 16.2. The van der Waals surface area contributed by atoms with E-state index in [0.717, 1.165) is 22.2 Å². The molecular formula is C22H25N3O2. The van der Waals surface area contributed by atoms with Gasteiger partial charge >= 0.3 is 0 Å². The summed E-state index contributed by atoms with van der Waals surface area (Å²) in [4.78, 5) is 30.3. The van der Waals surface area contributed by atoms with Gasteiger partial charge in [-0.2, -0.15) is 0 Å². The second kappa shape index (κ2) is 7.66. The Bertz CT molecular complexity index is 1000. The fraction of sp³-hybridized carbons (Fsp3) is 0.273. The Morgan fingerprint density at radius 1 is 1.00 bits per heavy atom. The van der Waals surface area contributed by atoms with Crippen LogP contribution in [0.25, 0.3) is 10.9 Å². The summed E-state index contributed by atoms with van der Waals surface area (Å²) in [5, 5.41) is 3.95. The molecule has 0 saturated heterocycles. The second-order valence-electron chi connectivity index (χ2n) is 6.65. The maximum absolute atomic E-state index is 12.7. The van der Waals surface area contributed by atoms with Crippen LogP contribution in [0.4, 0.5) is 5.69 Å². The third-order valence-corrected chi connectivity index (χ3v) is 4.99. The van der Waals surface area contributed by atoms with E-state index in [1.54, 1.807) is 35.2 Å². The average molecular weight is 363 g/mol. The van der Waals surface area contributed by atoms with Crippen molar-refractivity contribution in [3.8, 4) is 0 Å². The van der Waals surface area contributed by atoms with Crippen molar-refractivity contribution in [2.24, 2.45) is 0 Å². The third kappa shape index (κ3) is 3.72. The van der Waals surface area contributed by atoms with Crippen LogP contribution in [0.15, 0.2) is 42.5 Å². The maximum Gasteiger partial charge on any atom is 0.255 e. The monoisotopic (exact) mass is 363 g/mol. The van der Waals surface area contributed by atoms with Gasteiger partial charge in [0.05, 0.1) is 0 Å². The van der Waals surface area contributed by atoms with Crippen LogP contribution in [0.2, 0.25) is 0 Å². The lowest BCUT2D eigenvalue weighted by atomic mass is 10.1. The van der Waals surface area contributed by atoms with Gasteiger partial charge in [0.2, 0.25) is 0 Å². The molecule has 2 N–H and O–H groups in total. The van der Waals surface area contributed by atoms with Gasteiger partial charge in [0.1, 0.15) is 0 Å². The van der Waals surface area contributed by atoms with E-state index >= 15 is 0 Å². The van der Waals surface area contributed by atoms with Gasteiger partial charge in [-0.05, 0) is 69.7 Å². The van der Waals surface area contributed by atoms with Crippen LogP contribution in [-0.4, -0.2) is 34.8 Å². The van der Waals surface area contributed by atoms with Gasteiger partial charge in [-0.15, -0.1) is 0 Å². The molecule has 0 bridgehead atoms. The van der Waals surface area contributed by atoms with Gasteiger partial charge < -0.3 is 15.2 Å². The molecule has 3 rings (SSSR count). The Labute approximate surface area is 159 Å². The molecule has 0 unspecified atom stereocenters. The molecule has 0 radical (unpaired) electrons. The maximum atomic E-state index is 12.7. The van der Waals surface area contributed by atoms with Crippen molar-refractivity contribution in [3.05, 3.63) is 64.8 Å². The fourth-order valence-electron chi connectivity index (χ4n) is 3.23. The summed E-state index contributed by atoms with van der Waals surface area (Å²) in [7, 11) is 0. The molecular weight excluding hydrogens is 338 g/mol.